The van der Waals surface area contributed by atoms with Gasteiger partial charge in [0.15, 0.2) is 0 Å². The van der Waals surface area contributed by atoms with E-state index in [1.807, 2.05) is 53.0 Å². The highest BCUT2D eigenvalue weighted by Crippen LogP contribution is 2.48. The van der Waals surface area contributed by atoms with E-state index < -0.39 is 0 Å². The average molecular weight is 1750 g/mol. The molecule has 0 aliphatic heterocycles. The third-order valence-corrected chi connectivity index (χ3v) is 29.8. The van der Waals surface area contributed by atoms with Crippen molar-refractivity contribution >= 4 is 247 Å². The van der Waals surface area contributed by atoms with Crippen molar-refractivity contribution in [2.45, 2.75) is 0 Å². The monoisotopic (exact) mass is 1750 g/mol. The molecule has 30 rings (SSSR count). The van der Waals surface area contributed by atoms with Crippen molar-refractivity contribution in [1.29, 1.82) is 0 Å². The highest BCUT2D eigenvalue weighted by Gasteiger charge is 2.24. The van der Waals surface area contributed by atoms with Gasteiger partial charge in [-0.2, -0.15) is 0 Å². The summed E-state index contributed by atoms with van der Waals surface area (Å²) in [5, 5.41) is 36.8. The van der Waals surface area contributed by atoms with Crippen molar-refractivity contribution in [2.24, 2.45) is 0 Å². The summed E-state index contributed by atoms with van der Waals surface area (Å²) >= 11 is 3.75. The van der Waals surface area contributed by atoms with Crippen molar-refractivity contribution in [3.05, 3.63) is 437 Å². The fourth-order valence-corrected chi connectivity index (χ4v) is 23.4. The van der Waals surface area contributed by atoms with E-state index in [1.54, 1.807) is 0 Å². The zero-order valence-electron chi connectivity index (χ0n) is 72.5. The smallest absolute Gasteiger partial charge is 0.136 e. The molecule has 0 fully saturated rings. The van der Waals surface area contributed by atoms with Gasteiger partial charge in [-0.25, -0.2) is 29.9 Å². The van der Waals surface area contributed by atoms with Crippen LogP contribution in [0.1, 0.15) is 0 Å². The van der Waals surface area contributed by atoms with Gasteiger partial charge < -0.3 is 4.42 Å². The van der Waals surface area contributed by atoms with E-state index in [2.05, 4.69) is 406 Å². The van der Waals surface area contributed by atoms with Crippen molar-refractivity contribution < 1.29 is 4.42 Å². The fourth-order valence-electron chi connectivity index (χ4n) is 21.1. The molecule has 0 unspecified atom stereocenters. The van der Waals surface area contributed by atoms with Gasteiger partial charge in [0.1, 0.15) is 11.2 Å². The number of thiophene rings is 2. The molecule has 0 spiro atoms. The molecular weight excluding hydrogens is 1680 g/mol. The maximum absolute atomic E-state index is 6.30. The van der Waals surface area contributed by atoms with Crippen LogP contribution in [0.4, 0.5) is 0 Å². The standard InChI is InChI=1S/C42H24N2O.2C42H24N2S/c1-2-9-27(10-3-1)40-41(44-42-32-11-5-4-8-25(32)19-21-36(42)43-40)30-18-20-31-28(22-30)16-14-26-15-17-29-23-35-33-12-6-7-13-37(33)45-38(35)24-34(29)39(26)31;1-2-9-27(10-3-1)40-41(44-42-32-11-5-4-8-25(32)19-21-36(42)43-40)30-18-20-31-28(22-30)16-14-26-15-17-29-23-38-35(24-34(29)39(26)31)33-12-6-7-13-37(33)45-38;1-2-9-27(10-3-1)40-41(44-42-32-11-5-4-8-25(32)19-21-36(42)43-40)30-18-20-31-28(22-30)16-14-26-15-17-29-23-35-33-12-6-7-13-37(33)45-38(35)24-34(29)39(26)31/h3*1-24H. The largest absolute Gasteiger partial charge is 0.456 e. The first-order valence-electron chi connectivity index (χ1n) is 45.7. The molecule has 6 aromatic heterocycles. The van der Waals surface area contributed by atoms with E-state index in [-0.39, 0.29) is 0 Å². The lowest BCUT2D eigenvalue weighted by atomic mass is 9.93. The number of para-hydroxylation sites is 1. The third kappa shape index (κ3) is 12.6. The van der Waals surface area contributed by atoms with Gasteiger partial charge in [0.2, 0.25) is 0 Å². The van der Waals surface area contributed by atoms with Crippen LogP contribution in [0, 0.1) is 0 Å². The minimum atomic E-state index is 0.883. The van der Waals surface area contributed by atoms with Crippen molar-refractivity contribution in [3.8, 4) is 67.5 Å². The number of hydrogen-bond acceptors (Lipinski definition) is 9. The Kier molecular flexibility index (Phi) is 17.4. The van der Waals surface area contributed by atoms with Crippen LogP contribution >= 0.6 is 22.7 Å². The van der Waals surface area contributed by atoms with Crippen LogP contribution in [0.15, 0.2) is 441 Å². The molecule has 30 aromatic rings. The lowest BCUT2D eigenvalue weighted by molar-refractivity contribution is 0.669. The molecule has 624 valence electrons. The zero-order chi connectivity index (χ0) is 88.5. The van der Waals surface area contributed by atoms with E-state index in [9.17, 15) is 0 Å². The van der Waals surface area contributed by atoms with E-state index in [0.29, 0.717) is 0 Å². The van der Waals surface area contributed by atoms with E-state index in [1.165, 1.54) is 143 Å². The van der Waals surface area contributed by atoms with Gasteiger partial charge in [-0.1, -0.05) is 346 Å². The van der Waals surface area contributed by atoms with E-state index in [4.69, 9.17) is 34.3 Å². The Balaban J connectivity index is 0.000000101. The van der Waals surface area contributed by atoms with Crippen LogP contribution < -0.4 is 0 Å². The maximum Gasteiger partial charge on any atom is 0.136 e. The van der Waals surface area contributed by atoms with Crippen LogP contribution in [0.2, 0.25) is 0 Å². The normalized spacial score (nSPS) is 12.0. The summed E-state index contributed by atoms with van der Waals surface area (Å²) in [6.07, 6.45) is 0. The predicted molar refractivity (Wildman–Crippen MR) is 574 cm³/mol. The number of furan rings is 1. The number of nitrogens with zero attached hydrogens (tertiary/aromatic N) is 6. The summed E-state index contributed by atoms with van der Waals surface area (Å²) in [5.41, 5.74) is 19.0. The van der Waals surface area contributed by atoms with Gasteiger partial charge in [0.05, 0.1) is 67.3 Å². The Hall–Kier alpha value is -17.3. The zero-order valence-corrected chi connectivity index (χ0v) is 74.1. The topological polar surface area (TPSA) is 90.5 Å². The van der Waals surface area contributed by atoms with E-state index >= 15 is 0 Å². The minimum absolute atomic E-state index is 0.883. The van der Waals surface area contributed by atoms with Gasteiger partial charge in [0.25, 0.3) is 0 Å². The maximum atomic E-state index is 6.30. The second-order valence-electron chi connectivity index (χ2n) is 35.3. The molecule has 0 bridgehead atoms. The minimum Gasteiger partial charge on any atom is -0.456 e. The summed E-state index contributed by atoms with van der Waals surface area (Å²) in [6.45, 7) is 0. The molecule has 0 aliphatic carbocycles. The molecule has 0 N–H and O–H groups in total. The quantitative estimate of drug-likeness (QED) is 0.153. The Labute approximate surface area is 780 Å². The summed E-state index contributed by atoms with van der Waals surface area (Å²) in [4.78, 5) is 31.8. The number of rotatable bonds is 6. The molecule has 0 aliphatic rings. The number of hydrogen-bond donors (Lipinski definition) is 0. The molecule has 0 radical (unpaired) electrons. The first-order chi connectivity index (χ1) is 66.8. The molecule has 6 heterocycles. The first-order valence-corrected chi connectivity index (χ1v) is 47.4. The van der Waals surface area contributed by atoms with Crippen LogP contribution in [-0.2, 0) is 0 Å². The molecule has 0 amide bonds. The van der Waals surface area contributed by atoms with Gasteiger partial charge >= 0.3 is 0 Å². The van der Waals surface area contributed by atoms with Crippen molar-refractivity contribution in [1.82, 2.24) is 29.9 Å². The van der Waals surface area contributed by atoms with Crippen LogP contribution in [0.25, 0.3) is 292 Å². The number of benzene rings is 24. The highest BCUT2D eigenvalue weighted by molar-refractivity contribution is 7.26. The van der Waals surface area contributed by atoms with Crippen molar-refractivity contribution in [2.75, 3.05) is 0 Å². The molecule has 0 saturated heterocycles. The third-order valence-electron chi connectivity index (χ3n) is 27.6. The average Bonchev–Trinajstić information content (AvgIpc) is 1.72. The lowest BCUT2D eigenvalue weighted by Crippen LogP contribution is -1.96. The van der Waals surface area contributed by atoms with Gasteiger partial charge in [0, 0.05) is 101 Å². The Morgan fingerprint density at radius 3 is 0.874 bits per heavy atom. The highest BCUT2D eigenvalue weighted by atomic mass is 32.1. The van der Waals surface area contributed by atoms with Gasteiger partial charge in [-0.3, -0.25) is 0 Å². The van der Waals surface area contributed by atoms with Crippen LogP contribution in [0.5, 0.6) is 0 Å². The summed E-state index contributed by atoms with van der Waals surface area (Å²) in [7, 11) is 0. The predicted octanol–water partition coefficient (Wildman–Crippen LogP) is 35.4. The Morgan fingerprint density at radius 2 is 0.452 bits per heavy atom. The van der Waals surface area contributed by atoms with Gasteiger partial charge in [-0.05, 0) is 204 Å². The number of aromatic nitrogens is 6. The molecular formula is C126H72N6OS2. The van der Waals surface area contributed by atoms with Crippen molar-refractivity contribution in [3.63, 3.8) is 0 Å². The first kappa shape index (κ1) is 76.5. The van der Waals surface area contributed by atoms with E-state index in [0.717, 1.165) is 150 Å². The SMILES string of the molecule is c1ccc(-c2nc3ccc4ccccc4c3nc2-c2ccc3c(ccc4ccc5cc6c(cc5c43)oc3ccccc36)c2)cc1.c1ccc(-c2nc3ccc4ccccc4c3nc2-c2ccc3c(ccc4ccc5cc6c(cc5c43)sc3ccccc36)c2)cc1.c1ccc(-c2nc3ccc4ccccc4c3nc2-c2ccc3c(ccc4ccc5cc6sc7ccccc7c6cc5c43)c2)cc1. The van der Waals surface area contributed by atoms with Crippen LogP contribution in [-0.4, -0.2) is 29.9 Å². The summed E-state index contributed by atoms with van der Waals surface area (Å²) in [6, 6.07) is 156. The summed E-state index contributed by atoms with van der Waals surface area (Å²) < 4.78 is 11.6. The molecule has 0 saturated carbocycles. The Morgan fingerprint density at radius 1 is 0.148 bits per heavy atom. The lowest BCUT2D eigenvalue weighted by Gasteiger charge is -2.14. The molecule has 24 aromatic carbocycles. The number of fused-ring (bicyclic) bond motifs is 33. The van der Waals surface area contributed by atoms with Gasteiger partial charge in [-0.15, -0.1) is 22.7 Å². The fraction of sp³-hybridized carbons (Fsp3) is 0. The molecule has 7 nitrogen and oxygen atoms in total. The van der Waals surface area contributed by atoms with Crippen LogP contribution in [0.3, 0.4) is 0 Å². The Bertz CT molecular complexity index is 9900. The second kappa shape index (κ2) is 30.6. The second-order valence-corrected chi connectivity index (χ2v) is 37.5. The summed E-state index contributed by atoms with van der Waals surface area (Å²) in [5.74, 6) is 0. The molecule has 9 heteroatoms. The molecule has 135 heavy (non-hydrogen) atoms. The molecule has 0 atom stereocenters.